The summed E-state index contributed by atoms with van der Waals surface area (Å²) in [5.74, 6) is 0.969. The van der Waals surface area contributed by atoms with Crippen molar-refractivity contribution in [3.63, 3.8) is 0 Å². The minimum absolute atomic E-state index is 0.761. The Labute approximate surface area is 96.6 Å². The molecule has 0 amide bonds. The summed E-state index contributed by atoms with van der Waals surface area (Å²) in [7, 11) is 0. The van der Waals surface area contributed by atoms with Gasteiger partial charge in [0.1, 0.15) is 5.76 Å². The molecule has 2 rings (SSSR count). The highest BCUT2D eigenvalue weighted by Crippen LogP contribution is 2.28. The van der Waals surface area contributed by atoms with Gasteiger partial charge in [0.05, 0.1) is 6.26 Å². The molecule has 0 spiro atoms. The number of hydrogen-bond donors (Lipinski definition) is 0. The Morgan fingerprint density at radius 3 is 3.00 bits per heavy atom. The van der Waals surface area contributed by atoms with Crippen LogP contribution in [-0.2, 0) is 11.2 Å². The van der Waals surface area contributed by atoms with Gasteiger partial charge >= 0.3 is 0 Å². The lowest BCUT2D eigenvalue weighted by Crippen LogP contribution is -1.97. The fraction of sp³-hybridized carbons (Fsp3) is 0.357. The summed E-state index contributed by atoms with van der Waals surface area (Å²) in [6, 6.07) is 8.20. The first-order chi connectivity index (χ1) is 7.92. The van der Waals surface area contributed by atoms with Gasteiger partial charge in [0.15, 0.2) is 0 Å². The van der Waals surface area contributed by atoms with E-state index in [1.165, 1.54) is 11.1 Å². The maximum atomic E-state index is 5.41. The van der Waals surface area contributed by atoms with Crippen molar-refractivity contribution in [2.75, 3.05) is 13.2 Å². The van der Waals surface area contributed by atoms with Gasteiger partial charge < -0.3 is 9.15 Å². The van der Waals surface area contributed by atoms with Crippen LogP contribution in [0.1, 0.15) is 18.4 Å². The topological polar surface area (TPSA) is 22.4 Å². The SMILES string of the molecule is [CH2]CCOCCCc1ccc2occcc1-2. The minimum Gasteiger partial charge on any atom is -0.464 e. The molecule has 0 saturated carbocycles. The Balaban J connectivity index is 1.86. The predicted molar refractivity (Wildman–Crippen MR) is 64.4 cm³/mol. The quantitative estimate of drug-likeness (QED) is 0.690. The number of rotatable bonds is 6. The standard InChI is InChI=1S/C14H17O2/c1-2-9-15-10-3-5-12-7-8-14-13(12)6-4-11-16-14/h4,6-8,11H,1-3,5,9-10H2. The maximum Gasteiger partial charge on any atom is 0.134 e. The molecule has 2 heteroatoms. The van der Waals surface area contributed by atoms with Crippen molar-refractivity contribution in [3.8, 4) is 11.3 Å². The van der Waals surface area contributed by atoms with Gasteiger partial charge in [-0.3, -0.25) is 0 Å². The normalized spacial score (nSPS) is 11.1. The zero-order valence-corrected chi connectivity index (χ0v) is 9.45. The monoisotopic (exact) mass is 217 g/mol. The molecule has 0 atom stereocenters. The van der Waals surface area contributed by atoms with E-state index < -0.39 is 0 Å². The van der Waals surface area contributed by atoms with E-state index in [2.05, 4.69) is 19.1 Å². The van der Waals surface area contributed by atoms with Crippen LogP contribution >= 0.6 is 0 Å². The molecular weight excluding hydrogens is 200 g/mol. The molecule has 16 heavy (non-hydrogen) atoms. The van der Waals surface area contributed by atoms with Crippen LogP contribution in [0.3, 0.4) is 0 Å². The first-order valence-electron chi connectivity index (χ1n) is 5.74. The third kappa shape index (κ3) is 2.64. The maximum absolute atomic E-state index is 5.41. The fourth-order valence-electron chi connectivity index (χ4n) is 1.84. The van der Waals surface area contributed by atoms with E-state index in [0.29, 0.717) is 0 Å². The molecule has 0 N–H and O–H groups in total. The van der Waals surface area contributed by atoms with Crippen molar-refractivity contribution in [3.05, 3.63) is 43.0 Å². The van der Waals surface area contributed by atoms with E-state index in [4.69, 9.17) is 9.15 Å². The van der Waals surface area contributed by atoms with Crippen LogP contribution in [0.2, 0.25) is 0 Å². The lowest BCUT2D eigenvalue weighted by molar-refractivity contribution is 0.136. The summed E-state index contributed by atoms with van der Waals surface area (Å²) in [4.78, 5) is 0. The Morgan fingerprint density at radius 2 is 2.12 bits per heavy atom. The van der Waals surface area contributed by atoms with Crippen molar-refractivity contribution < 1.29 is 9.15 Å². The van der Waals surface area contributed by atoms with Gasteiger partial charge in [-0.05, 0) is 43.0 Å². The van der Waals surface area contributed by atoms with E-state index >= 15 is 0 Å². The summed E-state index contributed by atoms with van der Waals surface area (Å²) in [6.07, 6.45) is 4.65. The highest BCUT2D eigenvalue weighted by Gasteiger charge is 2.09. The van der Waals surface area contributed by atoms with Crippen LogP contribution in [0.15, 0.2) is 34.9 Å². The summed E-state index contributed by atoms with van der Waals surface area (Å²) in [5, 5.41) is 0. The van der Waals surface area contributed by atoms with Gasteiger partial charge in [-0.25, -0.2) is 0 Å². The molecule has 0 unspecified atom stereocenters. The van der Waals surface area contributed by atoms with E-state index in [9.17, 15) is 0 Å². The largest absolute Gasteiger partial charge is 0.464 e. The summed E-state index contributed by atoms with van der Waals surface area (Å²) in [5.41, 5.74) is 2.57. The molecule has 1 aliphatic heterocycles. The lowest BCUT2D eigenvalue weighted by Gasteiger charge is -2.04. The Kier molecular flexibility index (Phi) is 4.00. The molecule has 0 aromatic rings. The van der Waals surface area contributed by atoms with Crippen LogP contribution in [0.5, 0.6) is 0 Å². The number of aryl methyl sites for hydroxylation is 1. The summed E-state index contributed by atoms with van der Waals surface area (Å²) in [6.45, 7) is 5.31. The average molecular weight is 217 g/mol. The number of ether oxygens (including phenoxy) is 1. The fourth-order valence-corrected chi connectivity index (χ4v) is 1.84. The van der Waals surface area contributed by atoms with Crippen molar-refractivity contribution in [1.29, 1.82) is 0 Å². The second-order valence-corrected chi connectivity index (χ2v) is 3.82. The van der Waals surface area contributed by atoms with E-state index in [1.54, 1.807) is 6.26 Å². The van der Waals surface area contributed by atoms with Crippen molar-refractivity contribution in [1.82, 2.24) is 0 Å². The zero-order chi connectivity index (χ0) is 11.2. The molecule has 1 aliphatic carbocycles. The van der Waals surface area contributed by atoms with E-state index in [0.717, 1.165) is 38.2 Å². The third-order valence-electron chi connectivity index (χ3n) is 2.61. The van der Waals surface area contributed by atoms with Crippen molar-refractivity contribution in [2.45, 2.75) is 19.3 Å². The van der Waals surface area contributed by atoms with Gasteiger partial charge in [0, 0.05) is 18.8 Å². The van der Waals surface area contributed by atoms with Gasteiger partial charge in [0.2, 0.25) is 0 Å². The molecule has 0 aromatic heterocycles. The van der Waals surface area contributed by atoms with Gasteiger partial charge in [-0.1, -0.05) is 13.0 Å². The minimum atomic E-state index is 0.761. The highest BCUT2D eigenvalue weighted by molar-refractivity contribution is 5.65. The second-order valence-electron chi connectivity index (χ2n) is 3.82. The molecule has 1 radical (unpaired) electrons. The first-order valence-corrected chi connectivity index (χ1v) is 5.74. The molecule has 0 saturated heterocycles. The Morgan fingerprint density at radius 1 is 1.19 bits per heavy atom. The molecule has 2 aliphatic rings. The van der Waals surface area contributed by atoms with Crippen LogP contribution in [0, 0.1) is 6.92 Å². The predicted octanol–water partition coefficient (Wildman–Crippen LogP) is 3.56. The lowest BCUT2D eigenvalue weighted by atomic mass is 10.1. The van der Waals surface area contributed by atoms with Gasteiger partial charge in [0.25, 0.3) is 0 Å². The van der Waals surface area contributed by atoms with Crippen molar-refractivity contribution >= 4 is 0 Å². The van der Waals surface area contributed by atoms with E-state index in [-0.39, 0.29) is 0 Å². The second kappa shape index (κ2) is 5.71. The molecule has 0 aromatic carbocycles. The number of fused-ring (bicyclic) bond motifs is 1. The van der Waals surface area contributed by atoms with Crippen LogP contribution in [0.25, 0.3) is 11.3 Å². The van der Waals surface area contributed by atoms with E-state index in [1.807, 2.05) is 12.1 Å². The van der Waals surface area contributed by atoms with Crippen LogP contribution in [0.4, 0.5) is 0 Å². The molecule has 1 heterocycles. The summed E-state index contributed by atoms with van der Waals surface area (Å²) < 4.78 is 10.8. The average Bonchev–Trinajstić information content (AvgIpc) is 2.73. The van der Waals surface area contributed by atoms with Gasteiger partial charge in [-0.2, -0.15) is 0 Å². The molecule has 0 fully saturated rings. The Hall–Kier alpha value is -1.28. The zero-order valence-electron chi connectivity index (χ0n) is 9.45. The van der Waals surface area contributed by atoms with Crippen LogP contribution < -0.4 is 0 Å². The first kappa shape index (κ1) is 11.2. The molecule has 85 valence electrons. The Bertz CT molecular complexity index is 392. The van der Waals surface area contributed by atoms with Crippen LogP contribution in [-0.4, -0.2) is 13.2 Å². The molecule has 2 nitrogen and oxygen atoms in total. The summed E-state index contributed by atoms with van der Waals surface area (Å²) >= 11 is 0. The smallest absolute Gasteiger partial charge is 0.134 e. The van der Waals surface area contributed by atoms with Crippen molar-refractivity contribution in [2.24, 2.45) is 0 Å². The third-order valence-corrected chi connectivity index (χ3v) is 2.61. The molecular formula is C14H17O2. The highest BCUT2D eigenvalue weighted by atomic mass is 16.5. The van der Waals surface area contributed by atoms with Gasteiger partial charge in [-0.15, -0.1) is 0 Å². The molecule has 0 bridgehead atoms. The number of hydrogen-bond acceptors (Lipinski definition) is 2.